The third-order valence-electron chi connectivity index (χ3n) is 11.7. The van der Waals surface area contributed by atoms with Crippen LogP contribution >= 0.6 is 0 Å². The maximum atomic E-state index is 15.3. The molecule has 8 aromatic carbocycles. The van der Waals surface area contributed by atoms with Gasteiger partial charge in [0.2, 0.25) is 0 Å². The molecule has 7 nitrogen and oxygen atoms in total. The summed E-state index contributed by atoms with van der Waals surface area (Å²) in [4.78, 5) is 7.19. The van der Waals surface area contributed by atoms with Crippen LogP contribution in [0.4, 0.5) is 24.5 Å². The molecule has 0 bridgehead atoms. The number of nitrogens with zero attached hydrogens (tertiary/aromatic N) is 7. The van der Waals surface area contributed by atoms with Crippen molar-refractivity contribution in [3.8, 4) is 63.0 Å². The minimum Gasteiger partial charge on any atom is -0.308 e. The van der Waals surface area contributed by atoms with Crippen molar-refractivity contribution in [3.63, 3.8) is 0 Å². The van der Waals surface area contributed by atoms with Crippen LogP contribution in [0.15, 0.2) is 158 Å². The zero-order valence-corrected chi connectivity index (χ0v) is 33.3. The molecular weight excluding hydrogens is 804 g/mol. The molecule has 0 N–H and O–H groups in total. The van der Waals surface area contributed by atoms with Gasteiger partial charge in [0.15, 0.2) is 11.4 Å². The maximum absolute atomic E-state index is 15.3. The average Bonchev–Trinajstić information content (AvgIpc) is 3.84. The fourth-order valence-corrected chi connectivity index (χ4v) is 8.94. The molecule has 0 aliphatic carbocycles. The lowest BCUT2D eigenvalue weighted by atomic mass is 9.94. The third kappa shape index (κ3) is 6.09. The highest BCUT2D eigenvalue weighted by atomic mass is 19.4. The summed E-state index contributed by atoms with van der Waals surface area (Å²) in [6.45, 7) is 15.3. The van der Waals surface area contributed by atoms with E-state index < -0.39 is 11.7 Å². The normalized spacial score (nSPS) is 11.3. The molecule has 10 aromatic rings. The molecule has 0 radical (unpaired) electrons. The van der Waals surface area contributed by atoms with Crippen molar-refractivity contribution in [2.75, 3.05) is 0 Å². The Labute approximate surface area is 363 Å². The number of benzene rings is 8. The molecule has 298 valence electrons. The van der Waals surface area contributed by atoms with Gasteiger partial charge in [-0.1, -0.05) is 91.0 Å². The van der Waals surface area contributed by atoms with E-state index in [1.54, 1.807) is 48.5 Å². The van der Waals surface area contributed by atoms with Gasteiger partial charge in [-0.05, 0) is 94.5 Å². The first kappa shape index (κ1) is 38.8. The van der Waals surface area contributed by atoms with Crippen LogP contribution in [0.2, 0.25) is 0 Å². The molecule has 0 unspecified atom stereocenters. The smallest absolute Gasteiger partial charge is 0.308 e. The Balaban J connectivity index is 1.32. The summed E-state index contributed by atoms with van der Waals surface area (Å²) in [6, 6.07) is 51.6. The zero-order valence-electron chi connectivity index (χ0n) is 33.3. The van der Waals surface area contributed by atoms with Gasteiger partial charge < -0.3 is 9.13 Å². The second kappa shape index (κ2) is 14.9. The van der Waals surface area contributed by atoms with Crippen LogP contribution in [0, 0.1) is 47.1 Å². The second-order valence-electron chi connectivity index (χ2n) is 15.1. The van der Waals surface area contributed by atoms with Crippen molar-refractivity contribution in [1.82, 2.24) is 9.13 Å². The Morgan fingerprint density at radius 2 is 1.02 bits per heavy atom. The van der Waals surface area contributed by atoms with E-state index in [0.29, 0.717) is 72.6 Å². The Bertz CT molecular complexity index is 3640. The summed E-state index contributed by atoms with van der Waals surface area (Å²) in [5.41, 5.74) is 6.84. The number of nitriles is 3. The van der Waals surface area contributed by atoms with Gasteiger partial charge in [0.1, 0.15) is 0 Å². The topological polar surface area (TPSA) is 90.0 Å². The van der Waals surface area contributed by atoms with Crippen molar-refractivity contribution in [2.45, 2.75) is 6.18 Å². The van der Waals surface area contributed by atoms with E-state index >= 15 is 13.2 Å². The van der Waals surface area contributed by atoms with E-state index in [9.17, 15) is 15.8 Å². The number of aromatic nitrogens is 2. The summed E-state index contributed by atoms with van der Waals surface area (Å²) >= 11 is 0. The molecule has 64 heavy (non-hydrogen) atoms. The summed E-state index contributed by atoms with van der Waals surface area (Å²) in [5.74, 6) is 0. The second-order valence-corrected chi connectivity index (χ2v) is 15.1. The summed E-state index contributed by atoms with van der Waals surface area (Å²) in [5, 5.41) is 33.4. The molecular formula is C54H26F3N7. The number of rotatable bonds is 5. The molecule has 0 amide bonds. The van der Waals surface area contributed by atoms with Gasteiger partial charge in [-0.2, -0.15) is 29.0 Å². The highest BCUT2D eigenvalue weighted by molar-refractivity contribution is 6.13. The number of hydrogen-bond acceptors (Lipinski definition) is 3. The Hall–Kier alpha value is -9.40. The van der Waals surface area contributed by atoms with Crippen LogP contribution in [0.3, 0.4) is 0 Å². The Morgan fingerprint density at radius 3 is 1.58 bits per heavy atom. The highest BCUT2D eigenvalue weighted by Gasteiger charge is 2.35. The number of halogens is 3. The van der Waals surface area contributed by atoms with E-state index in [4.69, 9.17) is 13.1 Å². The van der Waals surface area contributed by atoms with Crippen molar-refractivity contribution >= 4 is 55.0 Å². The monoisotopic (exact) mass is 829 g/mol. The van der Waals surface area contributed by atoms with Crippen molar-refractivity contribution in [3.05, 3.63) is 203 Å². The highest BCUT2D eigenvalue weighted by Crippen LogP contribution is 2.47. The van der Waals surface area contributed by atoms with Gasteiger partial charge in [-0.25, -0.2) is 9.69 Å². The molecule has 2 heterocycles. The number of alkyl halides is 3. The maximum Gasteiger partial charge on any atom is 0.417 e. The van der Waals surface area contributed by atoms with Crippen LogP contribution in [-0.2, 0) is 6.18 Å². The first-order valence-corrected chi connectivity index (χ1v) is 19.8. The summed E-state index contributed by atoms with van der Waals surface area (Å²) < 4.78 is 49.8. The number of fused-ring (bicyclic) bond motifs is 6. The Kier molecular flexibility index (Phi) is 9.06. The molecule has 0 spiro atoms. The van der Waals surface area contributed by atoms with Crippen molar-refractivity contribution < 1.29 is 13.2 Å². The minimum absolute atomic E-state index is 0.0903. The molecule has 0 fully saturated rings. The lowest BCUT2D eigenvalue weighted by Crippen LogP contribution is -2.10. The van der Waals surface area contributed by atoms with E-state index in [0.717, 1.165) is 33.2 Å². The predicted molar refractivity (Wildman–Crippen MR) is 243 cm³/mol. The summed E-state index contributed by atoms with van der Waals surface area (Å²) in [7, 11) is 0. The molecule has 10 rings (SSSR count). The van der Waals surface area contributed by atoms with Crippen molar-refractivity contribution in [1.29, 1.82) is 15.8 Å². The Morgan fingerprint density at radius 1 is 0.469 bits per heavy atom. The zero-order chi connectivity index (χ0) is 44.3. The fourth-order valence-electron chi connectivity index (χ4n) is 8.94. The van der Waals surface area contributed by atoms with E-state index in [2.05, 4.69) is 27.9 Å². The van der Waals surface area contributed by atoms with Gasteiger partial charge >= 0.3 is 6.18 Å². The number of para-hydroxylation sites is 2. The molecule has 0 atom stereocenters. The van der Waals surface area contributed by atoms with Crippen LogP contribution in [0.25, 0.3) is 98.1 Å². The molecule has 2 aromatic heterocycles. The molecule has 0 aliphatic rings. The molecule has 0 aliphatic heterocycles. The van der Waals surface area contributed by atoms with Gasteiger partial charge in [0.05, 0.1) is 87.0 Å². The third-order valence-corrected chi connectivity index (χ3v) is 11.7. The van der Waals surface area contributed by atoms with Crippen molar-refractivity contribution in [2.24, 2.45) is 0 Å². The minimum atomic E-state index is -4.76. The van der Waals surface area contributed by atoms with E-state index in [1.807, 2.05) is 94.1 Å². The van der Waals surface area contributed by atoms with Gasteiger partial charge in [-0.15, -0.1) is 0 Å². The molecule has 10 heteroatoms. The summed E-state index contributed by atoms with van der Waals surface area (Å²) in [6.07, 6.45) is -4.76. The standard InChI is InChI=1S/C54H26F3N7/c1-61-37-18-20-39(46(28-37)62-2)35-17-22-50-44(27-35)41-10-5-8-14-48(41)64(50)52-25-33(30-59)24-51(53(52)42-11-3-6-12-45(42)54(55,56)57)63-47-13-7-4-9-40(47)43-26-34(16-21-49(43)63)38-19-15-32(29-58)23-36(38)31-60/h3-28H. The predicted octanol–water partition coefficient (Wildman–Crippen LogP) is 14.6. The SMILES string of the molecule is [C-]#[N+]c1ccc(-c2ccc3c(c2)c2ccccc2n3-c2cc(C#N)cc(-n3c4ccccc4c4cc(-c5ccc(C#N)cc5C#N)ccc43)c2-c2ccccc2C(F)(F)F)c([N+]#[C-])c1. The van der Waals surface area contributed by atoms with Crippen LogP contribution < -0.4 is 0 Å². The first-order chi connectivity index (χ1) is 31.1. The molecule has 0 saturated carbocycles. The van der Waals surface area contributed by atoms with Crippen LogP contribution in [0.5, 0.6) is 0 Å². The van der Waals surface area contributed by atoms with E-state index in [-0.39, 0.29) is 16.7 Å². The van der Waals surface area contributed by atoms with Gasteiger partial charge in [-0.3, -0.25) is 0 Å². The average molecular weight is 830 g/mol. The largest absolute Gasteiger partial charge is 0.417 e. The van der Waals surface area contributed by atoms with E-state index in [1.165, 1.54) is 18.2 Å². The quantitative estimate of drug-likeness (QED) is 0.162. The van der Waals surface area contributed by atoms with Crippen LogP contribution in [-0.4, -0.2) is 9.13 Å². The number of hydrogen-bond donors (Lipinski definition) is 0. The first-order valence-electron chi connectivity index (χ1n) is 19.8. The lowest BCUT2D eigenvalue weighted by Gasteiger charge is -2.23. The van der Waals surface area contributed by atoms with Crippen LogP contribution in [0.1, 0.15) is 22.3 Å². The van der Waals surface area contributed by atoms with Gasteiger partial charge in [0.25, 0.3) is 0 Å². The molecule has 0 saturated heterocycles. The van der Waals surface area contributed by atoms with Gasteiger partial charge in [0, 0.05) is 27.1 Å². The fraction of sp³-hybridized carbons (Fsp3) is 0.0185. The lowest BCUT2D eigenvalue weighted by molar-refractivity contribution is -0.137.